The molecule has 0 aliphatic heterocycles. The summed E-state index contributed by atoms with van der Waals surface area (Å²) in [4.78, 5) is 18.2. The fourth-order valence-electron chi connectivity index (χ4n) is 4.18. The Morgan fingerprint density at radius 3 is 2.58 bits per heavy atom. The molecule has 0 fully saturated rings. The van der Waals surface area contributed by atoms with Crippen LogP contribution in [0.3, 0.4) is 0 Å². The molecule has 1 aliphatic carbocycles. The molecule has 2 aromatic heterocycles. The van der Waals surface area contributed by atoms with E-state index in [9.17, 15) is 5.11 Å². The lowest BCUT2D eigenvalue weighted by Gasteiger charge is -2.07. The highest BCUT2D eigenvalue weighted by atomic mass is 79.9. The van der Waals surface area contributed by atoms with Crippen molar-refractivity contribution in [3.63, 3.8) is 0 Å². The van der Waals surface area contributed by atoms with Gasteiger partial charge in [0.15, 0.2) is 5.65 Å². The Bertz CT molecular complexity index is 1520. The number of phenols is 1. The molecule has 0 bridgehead atoms. The first kappa shape index (κ1) is 19.7. The average Bonchev–Trinajstić information content (AvgIpc) is 3.41. The van der Waals surface area contributed by atoms with Gasteiger partial charge in [0.25, 0.3) is 0 Å². The highest BCUT2D eigenvalue weighted by Crippen LogP contribution is 2.42. The highest BCUT2D eigenvalue weighted by molar-refractivity contribution is 9.10. The molecule has 5 aromatic rings. The van der Waals surface area contributed by atoms with Crippen molar-refractivity contribution in [2.24, 2.45) is 5.16 Å². The SMILES string of the molecule is Oc1cc(CON=C2c3ccccc3-c3c2cccc3-c2nc3ncccc3[nH]2)ccc1Br. The molecular weight excluding hydrogens is 480 g/mol. The molecule has 3 aromatic carbocycles. The summed E-state index contributed by atoms with van der Waals surface area (Å²) in [7, 11) is 0. The third-order valence-electron chi connectivity index (χ3n) is 5.68. The van der Waals surface area contributed by atoms with Gasteiger partial charge >= 0.3 is 0 Å². The van der Waals surface area contributed by atoms with Gasteiger partial charge in [-0.15, -0.1) is 0 Å². The molecule has 2 heterocycles. The molecule has 6 rings (SSSR count). The molecule has 160 valence electrons. The van der Waals surface area contributed by atoms with Crippen LogP contribution in [0.4, 0.5) is 0 Å². The lowest BCUT2D eigenvalue weighted by molar-refractivity contribution is 0.131. The minimum atomic E-state index is 0.172. The molecule has 0 saturated carbocycles. The van der Waals surface area contributed by atoms with E-state index in [1.807, 2.05) is 48.5 Å². The van der Waals surface area contributed by atoms with Crippen molar-refractivity contribution in [2.75, 3.05) is 0 Å². The predicted molar refractivity (Wildman–Crippen MR) is 131 cm³/mol. The van der Waals surface area contributed by atoms with E-state index in [0.29, 0.717) is 10.1 Å². The van der Waals surface area contributed by atoms with Gasteiger partial charge in [-0.1, -0.05) is 53.7 Å². The number of H-pyrrole nitrogens is 1. The molecule has 0 atom stereocenters. The number of halogens is 1. The maximum atomic E-state index is 9.91. The maximum absolute atomic E-state index is 9.91. The van der Waals surface area contributed by atoms with Crippen molar-refractivity contribution in [3.8, 4) is 28.3 Å². The fourth-order valence-corrected chi connectivity index (χ4v) is 4.43. The summed E-state index contributed by atoms with van der Waals surface area (Å²) in [5.41, 5.74) is 8.32. The van der Waals surface area contributed by atoms with Crippen LogP contribution in [0.25, 0.3) is 33.7 Å². The molecule has 2 N–H and O–H groups in total. The van der Waals surface area contributed by atoms with Gasteiger partial charge < -0.3 is 14.9 Å². The van der Waals surface area contributed by atoms with Crippen LogP contribution >= 0.6 is 15.9 Å². The lowest BCUT2D eigenvalue weighted by Crippen LogP contribution is -2.00. The standard InChI is InChI=1S/C26H17BrN4O2/c27-20-11-10-15(13-22(20)32)14-33-31-24-17-6-2-1-5-16(17)23-18(24)7-3-8-19(23)25-29-21-9-4-12-28-26(21)30-25/h1-13,32H,14H2,(H,28,29,30). The summed E-state index contributed by atoms with van der Waals surface area (Å²) in [6, 6.07) is 23.5. The van der Waals surface area contributed by atoms with E-state index in [4.69, 9.17) is 9.82 Å². The Hall–Kier alpha value is -3.97. The van der Waals surface area contributed by atoms with Gasteiger partial charge in [0.2, 0.25) is 0 Å². The van der Waals surface area contributed by atoms with Crippen LogP contribution < -0.4 is 0 Å². The number of hydrogen-bond acceptors (Lipinski definition) is 5. The van der Waals surface area contributed by atoms with Crippen molar-refractivity contribution >= 4 is 32.8 Å². The maximum Gasteiger partial charge on any atom is 0.178 e. The first-order chi connectivity index (χ1) is 16.2. The Kier molecular flexibility index (Phi) is 4.69. The van der Waals surface area contributed by atoms with E-state index in [2.05, 4.69) is 43.2 Å². The van der Waals surface area contributed by atoms with Crippen LogP contribution in [-0.2, 0) is 11.4 Å². The van der Waals surface area contributed by atoms with Crippen LogP contribution in [0.1, 0.15) is 16.7 Å². The lowest BCUT2D eigenvalue weighted by atomic mass is 9.99. The normalized spacial score (nSPS) is 13.3. The fraction of sp³-hybridized carbons (Fsp3) is 0.0385. The molecule has 0 amide bonds. The van der Waals surface area contributed by atoms with Crippen molar-refractivity contribution in [1.82, 2.24) is 15.0 Å². The zero-order valence-corrected chi connectivity index (χ0v) is 18.9. The minimum absolute atomic E-state index is 0.172. The van der Waals surface area contributed by atoms with Crippen LogP contribution in [0.2, 0.25) is 0 Å². The number of phenolic OH excluding ortho intramolecular Hbond substituents is 1. The van der Waals surface area contributed by atoms with E-state index in [-0.39, 0.29) is 12.4 Å². The summed E-state index contributed by atoms with van der Waals surface area (Å²) < 4.78 is 0.643. The number of nitrogens with one attached hydrogen (secondary N) is 1. The third kappa shape index (κ3) is 3.37. The number of aromatic nitrogens is 3. The van der Waals surface area contributed by atoms with Gasteiger partial charge in [-0.2, -0.15) is 0 Å². The number of aromatic amines is 1. The molecule has 1 aliphatic rings. The molecule has 0 spiro atoms. The first-order valence-corrected chi connectivity index (χ1v) is 11.2. The van der Waals surface area contributed by atoms with Crippen molar-refractivity contribution < 1.29 is 9.94 Å². The van der Waals surface area contributed by atoms with Crippen molar-refractivity contribution in [3.05, 3.63) is 100 Å². The highest BCUT2D eigenvalue weighted by Gasteiger charge is 2.28. The third-order valence-corrected chi connectivity index (χ3v) is 6.35. The average molecular weight is 497 g/mol. The van der Waals surface area contributed by atoms with Crippen LogP contribution in [-0.4, -0.2) is 25.8 Å². The Morgan fingerprint density at radius 2 is 1.73 bits per heavy atom. The molecule has 7 heteroatoms. The molecular formula is C26H17BrN4O2. The van der Waals surface area contributed by atoms with Crippen LogP contribution in [0.5, 0.6) is 5.75 Å². The van der Waals surface area contributed by atoms with Gasteiger partial charge in [-0.25, -0.2) is 9.97 Å². The Labute approximate surface area is 197 Å². The number of nitrogens with zero attached hydrogens (tertiary/aromatic N) is 3. The smallest absolute Gasteiger partial charge is 0.178 e. The number of oxime groups is 1. The number of pyridine rings is 1. The zero-order chi connectivity index (χ0) is 22.4. The molecule has 0 saturated heterocycles. The van der Waals surface area contributed by atoms with E-state index < -0.39 is 0 Å². The largest absolute Gasteiger partial charge is 0.507 e. The second-order valence-corrected chi connectivity index (χ2v) is 8.59. The van der Waals surface area contributed by atoms with Gasteiger partial charge in [-0.05, 0) is 51.3 Å². The van der Waals surface area contributed by atoms with E-state index in [1.165, 1.54) is 0 Å². The minimum Gasteiger partial charge on any atom is -0.507 e. The number of imidazole rings is 1. The molecule has 0 radical (unpaired) electrons. The van der Waals surface area contributed by atoms with Crippen LogP contribution in [0.15, 0.2) is 88.6 Å². The predicted octanol–water partition coefficient (Wildman–Crippen LogP) is 6.04. The van der Waals surface area contributed by atoms with Gasteiger partial charge in [0, 0.05) is 28.5 Å². The number of benzene rings is 3. The number of aromatic hydroxyl groups is 1. The molecule has 33 heavy (non-hydrogen) atoms. The van der Waals surface area contributed by atoms with E-state index in [0.717, 1.165) is 50.4 Å². The summed E-state index contributed by atoms with van der Waals surface area (Å²) in [6.07, 6.45) is 1.74. The summed E-state index contributed by atoms with van der Waals surface area (Å²) >= 11 is 3.29. The Balaban J connectivity index is 1.42. The second kappa shape index (κ2) is 7.86. The van der Waals surface area contributed by atoms with Gasteiger partial charge in [0.05, 0.1) is 9.99 Å². The monoisotopic (exact) mass is 496 g/mol. The number of rotatable bonds is 4. The van der Waals surface area contributed by atoms with Crippen LogP contribution in [0, 0.1) is 0 Å². The molecule has 6 nitrogen and oxygen atoms in total. The molecule has 0 unspecified atom stereocenters. The summed E-state index contributed by atoms with van der Waals surface area (Å²) in [5.74, 6) is 0.938. The topological polar surface area (TPSA) is 83.4 Å². The number of hydrogen-bond donors (Lipinski definition) is 2. The number of fused-ring (bicyclic) bond motifs is 4. The van der Waals surface area contributed by atoms with Gasteiger partial charge in [-0.3, -0.25) is 0 Å². The van der Waals surface area contributed by atoms with Gasteiger partial charge in [0.1, 0.15) is 23.9 Å². The first-order valence-electron chi connectivity index (χ1n) is 10.4. The second-order valence-electron chi connectivity index (χ2n) is 7.73. The van der Waals surface area contributed by atoms with E-state index >= 15 is 0 Å². The summed E-state index contributed by atoms with van der Waals surface area (Å²) in [5, 5.41) is 14.4. The quantitative estimate of drug-likeness (QED) is 0.291. The van der Waals surface area contributed by atoms with E-state index in [1.54, 1.807) is 18.3 Å². The Morgan fingerprint density at radius 1 is 0.909 bits per heavy atom. The zero-order valence-electron chi connectivity index (χ0n) is 17.3. The van der Waals surface area contributed by atoms with Crippen molar-refractivity contribution in [2.45, 2.75) is 6.61 Å². The van der Waals surface area contributed by atoms with Crippen molar-refractivity contribution in [1.29, 1.82) is 0 Å². The summed E-state index contributed by atoms with van der Waals surface area (Å²) in [6.45, 7) is 0.247.